The van der Waals surface area contributed by atoms with Crippen LogP contribution in [0.4, 0.5) is 5.69 Å². The lowest BCUT2D eigenvalue weighted by Crippen LogP contribution is -2.34. The summed E-state index contributed by atoms with van der Waals surface area (Å²) in [6.07, 6.45) is -0.182. The normalized spacial score (nSPS) is 13.6. The van der Waals surface area contributed by atoms with Crippen molar-refractivity contribution >= 4 is 17.5 Å². The molecule has 0 saturated heterocycles. The summed E-state index contributed by atoms with van der Waals surface area (Å²) in [6.45, 7) is 4.42. The zero-order valence-corrected chi connectivity index (χ0v) is 16.5. The Kier molecular flexibility index (Phi) is 5.97. The number of fused-ring (bicyclic) bond motifs is 1. The molecule has 0 bridgehead atoms. The highest BCUT2D eigenvalue weighted by atomic mass is 16.6. The van der Waals surface area contributed by atoms with Crippen LogP contribution in [0.2, 0.25) is 0 Å². The molecule has 0 saturated carbocycles. The number of rotatable bonds is 8. The van der Waals surface area contributed by atoms with E-state index in [0.717, 1.165) is 4.90 Å². The number of nitro benzene ring substituents is 1. The molecule has 3 rings (SSSR count). The van der Waals surface area contributed by atoms with Gasteiger partial charge in [0.1, 0.15) is 5.56 Å². The molecular weight excluding hydrogens is 390 g/mol. The van der Waals surface area contributed by atoms with Gasteiger partial charge < -0.3 is 9.47 Å². The minimum absolute atomic E-state index is 0.0480. The number of nitrogens with zero attached hydrogens (tertiary/aromatic N) is 3. The second-order valence-corrected chi connectivity index (χ2v) is 6.39. The van der Waals surface area contributed by atoms with E-state index in [9.17, 15) is 25.0 Å². The molecule has 2 aromatic carbocycles. The third-order valence-electron chi connectivity index (χ3n) is 4.67. The lowest BCUT2D eigenvalue weighted by atomic mass is 10.0. The van der Waals surface area contributed by atoms with Crippen LogP contribution in [0.1, 0.15) is 52.6 Å². The molecule has 0 aromatic heterocycles. The molecule has 0 fully saturated rings. The van der Waals surface area contributed by atoms with E-state index < -0.39 is 28.5 Å². The number of ether oxygens (including phenoxy) is 2. The summed E-state index contributed by atoms with van der Waals surface area (Å²) in [6, 6.07) is 9.87. The first-order valence-electron chi connectivity index (χ1n) is 9.36. The molecule has 0 N–H and O–H groups in total. The largest absolute Gasteiger partial charge is 0.490 e. The summed E-state index contributed by atoms with van der Waals surface area (Å²) in [4.78, 5) is 37.6. The molecule has 154 valence electrons. The van der Waals surface area contributed by atoms with Crippen molar-refractivity contribution in [1.29, 1.82) is 5.26 Å². The molecule has 0 spiro atoms. The quantitative estimate of drug-likeness (QED) is 0.370. The lowest BCUT2D eigenvalue weighted by Gasteiger charge is -2.25. The highest BCUT2D eigenvalue weighted by Gasteiger charge is 2.44. The summed E-state index contributed by atoms with van der Waals surface area (Å²) in [7, 11) is 0. The van der Waals surface area contributed by atoms with Crippen LogP contribution in [0.5, 0.6) is 11.5 Å². The van der Waals surface area contributed by atoms with Gasteiger partial charge in [0.15, 0.2) is 11.5 Å². The van der Waals surface area contributed by atoms with Crippen molar-refractivity contribution in [2.75, 3.05) is 13.2 Å². The van der Waals surface area contributed by atoms with Crippen LogP contribution >= 0.6 is 0 Å². The number of benzene rings is 2. The lowest BCUT2D eigenvalue weighted by molar-refractivity contribution is -0.385. The van der Waals surface area contributed by atoms with Gasteiger partial charge in [0.05, 0.1) is 42.2 Å². The van der Waals surface area contributed by atoms with Crippen molar-refractivity contribution in [3.05, 3.63) is 63.2 Å². The van der Waals surface area contributed by atoms with Crippen molar-refractivity contribution in [3.63, 3.8) is 0 Å². The molecule has 2 aromatic rings. The summed E-state index contributed by atoms with van der Waals surface area (Å²) in [5, 5.41) is 20.7. The monoisotopic (exact) mass is 409 g/mol. The maximum Gasteiger partial charge on any atom is 0.282 e. The Balaban J connectivity index is 2.08. The molecule has 9 nitrogen and oxygen atoms in total. The Hall–Kier alpha value is -3.93. The first-order valence-corrected chi connectivity index (χ1v) is 9.36. The molecule has 1 unspecified atom stereocenters. The van der Waals surface area contributed by atoms with E-state index >= 15 is 0 Å². The van der Waals surface area contributed by atoms with Crippen LogP contribution in [0.15, 0.2) is 36.4 Å². The van der Waals surface area contributed by atoms with Gasteiger partial charge in [0.25, 0.3) is 17.5 Å². The van der Waals surface area contributed by atoms with Crippen LogP contribution in [0.25, 0.3) is 0 Å². The fourth-order valence-corrected chi connectivity index (χ4v) is 3.44. The number of nitro groups is 1. The maximum atomic E-state index is 13.0. The minimum atomic E-state index is -0.933. The Labute approximate surface area is 172 Å². The van der Waals surface area contributed by atoms with Crippen molar-refractivity contribution in [2.24, 2.45) is 0 Å². The van der Waals surface area contributed by atoms with Gasteiger partial charge in [-0.3, -0.25) is 24.6 Å². The number of hydrogen-bond donors (Lipinski definition) is 0. The van der Waals surface area contributed by atoms with Gasteiger partial charge in [-0.2, -0.15) is 5.26 Å². The van der Waals surface area contributed by atoms with Gasteiger partial charge in [-0.05, 0) is 37.6 Å². The van der Waals surface area contributed by atoms with Gasteiger partial charge in [0, 0.05) is 6.07 Å². The molecule has 2 amide bonds. The second-order valence-electron chi connectivity index (χ2n) is 6.39. The SMILES string of the molecule is CCOc1ccc(C(CC#N)N2C(=O)c3cccc([N+](=O)[O-])c3C2=O)cc1OCC. The average molecular weight is 409 g/mol. The number of carbonyl (C=O) groups excluding carboxylic acids is 2. The third-order valence-corrected chi connectivity index (χ3v) is 4.67. The first kappa shape index (κ1) is 20.8. The van der Waals surface area contributed by atoms with Gasteiger partial charge in [-0.1, -0.05) is 12.1 Å². The van der Waals surface area contributed by atoms with Crippen LogP contribution in [-0.4, -0.2) is 34.9 Å². The Bertz CT molecular complexity index is 1060. The van der Waals surface area contributed by atoms with Gasteiger partial charge in [0.2, 0.25) is 0 Å². The predicted octanol–water partition coefficient (Wildman–Crippen LogP) is 3.64. The molecular formula is C21H19N3O6. The maximum absolute atomic E-state index is 13.0. The van der Waals surface area contributed by atoms with Crippen molar-refractivity contribution < 1.29 is 24.0 Å². The highest BCUT2D eigenvalue weighted by Crippen LogP contribution is 2.39. The highest BCUT2D eigenvalue weighted by molar-refractivity contribution is 6.23. The average Bonchev–Trinajstić information content (AvgIpc) is 2.98. The molecule has 1 aliphatic rings. The van der Waals surface area contributed by atoms with Crippen LogP contribution in [-0.2, 0) is 0 Å². The Morgan fingerprint density at radius 1 is 1.10 bits per heavy atom. The minimum Gasteiger partial charge on any atom is -0.490 e. The van der Waals surface area contributed by atoms with Gasteiger partial charge >= 0.3 is 0 Å². The van der Waals surface area contributed by atoms with E-state index in [-0.39, 0.29) is 17.5 Å². The fourth-order valence-electron chi connectivity index (χ4n) is 3.44. The number of carbonyl (C=O) groups is 2. The van der Waals surface area contributed by atoms with Crippen molar-refractivity contribution in [3.8, 4) is 17.6 Å². The first-order chi connectivity index (χ1) is 14.4. The number of hydrogen-bond acceptors (Lipinski definition) is 7. The molecule has 30 heavy (non-hydrogen) atoms. The summed E-state index contributed by atoms with van der Waals surface area (Å²) in [5.74, 6) is -0.556. The van der Waals surface area contributed by atoms with Crippen LogP contribution in [0.3, 0.4) is 0 Å². The summed E-state index contributed by atoms with van der Waals surface area (Å²) in [5.41, 5.74) is -0.258. The number of nitriles is 1. The summed E-state index contributed by atoms with van der Waals surface area (Å²) >= 11 is 0. The van der Waals surface area contributed by atoms with E-state index in [2.05, 4.69) is 0 Å². The summed E-state index contributed by atoms with van der Waals surface area (Å²) < 4.78 is 11.1. The predicted molar refractivity (Wildman–Crippen MR) is 105 cm³/mol. The zero-order chi connectivity index (χ0) is 21.8. The molecule has 1 heterocycles. The van der Waals surface area contributed by atoms with E-state index in [1.54, 1.807) is 25.1 Å². The molecule has 1 atom stereocenters. The van der Waals surface area contributed by atoms with Crippen LogP contribution in [0, 0.1) is 21.4 Å². The third kappa shape index (κ3) is 3.55. The van der Waals surface area contributed by atoms with Crippen molar-refractivity contribution in [2.45, 2.75) is 26.3 Å². The molecule has 0 radical (unpaired) electrons. The van der Waals surface area contributed by atoms with E-state index in [1.165, 1.54) is 18.2 Å². The second kappa shape index (κ2) is 8.61. The topological polar surface area (TPSA) is 123 Å². The Morgan fingerprint density at radius 2 is 1.80 bits per heavy atom. The van der Waals surface area contributed by atoms with Crippen molar-refractivity contribution in [1.82, 2.24) is 4.90 Å². The number of amides is 2. The zero-order valence-electron chi connectivity index (χ0n) is 16.5. The molecule has 9 heteroatoms. The Morgan fingerprint density at radius 3 is 2.43 bits per heavy atom. The molecule has 1 aliphatic heterocycles. The number of imide groups is 1. The van der Waals surface area contributed by atoms with E-state index in [1.807, 2.05) is 13.0 Å². The molecule has 0 aliphatic carbocycles. The van der Waals surface area contributed by atoms with Crippen LogP contribution < -0.4 is 9.47 Å². The fraction of sp³-hybridized carbons (Fsp3) is 0.286. The standard InChI is InChI=1S/C21H19N3O6/c1-3-29-17-9-8-13(12-18(17)30-4-2)15(10-11-22)23-20(25)14-6-5-7-16(24(27)28)19(14)21(23)26/h5-9,12,15H,3-4,10H2,1-2H3. The van der Waals surface area contributed by atoms with Gasteiger partial charge in [-0.15, -0.1) is 0 Å². The smallest absolute Gasteiger partial charge is 0.282 e. The van der Waals surface area contributed by atoms with E-state index in [0.29, 0.717) is 30.3 Å². The van der Waals surface area contributed by atoms with E-state index in [4.69, 9.17) is 9.47 Å². The van der Waals surface area contributed by atoms with Gasteiger partial charge in [-0.25, -0.2) is 0 Å².